The van der Waals surface area contributed by atoms with Crippen LogP contribution in [0.4, 0.5) is 0 Å². The summed E-state index contributed by atoms with van der Waals surface area (Å²) < 4.78 is 5.20. The summed E-state index contributed by atoms with van der Waals surface area (Å²) >= 11 is 0. The number of aliphatic imine (C=N–C) groups is 1. The molecule has 1 aromatic heterocycles. The first-order chi connectivity index (χ1) is 9.33. The van der Waals surface area contributed by atoms with Gasteiger partial charge in [0, 0.05) is 19.0 Å². The minimum absolute atomic E-state index is 0. The van der Waals surface area contributed by atoms with Crippen molar-refractivity contribution < 1.29 is 4.52 Å². The van der Waals surface area contributed by atoms with E-state index in [-0.39, 0.29) is 24.0 Å². The molecule has 2 aliphatic rings. The van der Waals surface area contributed by atoms with Crippen LogP contribution in [0.15, 0.2) is 9.52 Å². The molecule has 0 aromatic carbocycles. The Morgan fingerprint density at radius 3 is 2.60 bits per heavy atom. The summed E-state index contributed by atoms with van der Waals surface area (Å²) in [5.41, 5.74) is 6.03. The lowest BCUT2D eigenvalue weighted by atomic mass is 10.2. The van der Waals surface area contributed by atoms with Crippen molar-refractivity contribution in [2.75, 3.05) is 13.1 Å². The fourth-order valence-electron chi connectivity index (χ4n) is 2.38. The molecule has 1 aromatic rings. The summed E-state index contributed by atoms with van der Waals surface area (Å²) in [6.45, 7) is 2.43. The number of rotatable bonds is 3. The summed E-state index contributed by atoms with van der Waals surface area (Å²) in [4.78, 5) is 10.9. The summed E-state index contributed by atoms with van der Waals surface area (Å²) in [5, 5.41) is 3.95. The maximum Gasteiger partial charge on any atom is 0.229 e. The Balaban J connectivity index is 0.00000147. The fraction of sp³-hybridized carbons (Fsp3) is 0.769. The molecule has 7 heteroatoms. The van der Waals surface area contributed by atoms with Crippen LogP contribution in [-0.2, 0) is 6.54 Å². The zero-order valence-electron chi connectivity index (χ0n) is 11.6. The molecule has 1 aliphatic carbocycles. The first-order valence-electron chi connectivity index (χ1n) is 7.20. The van der Waals surface area contributed by atoms with Crippen LogP contribution in [0.3, 0.4) is 0 Å². The molecular formula is C13H22IN5O. The molecule has 3 rings (SSSR count). The quantitative estimate of drug-likeness (QED) is 0.486. The Morgan fingerprint density at radius 2 is 1.95 bits per heavy atom. The topological polar surface area (TPSA) is 80.5 Å². The van der Waals surface area contributed by atoms with Crippen molar-refractivity contribution in [2.45, 2.75) is 51.0 Å². The maximum atomic E-state index is 6.03. The molecule has 2 heterocycles. The minimum Gasteiger partial charge on any atom is -0.370 e. The van der Waals surface area contributed by atoms with E-state index in [1.54, 1.807) is 0 Å². The normalized spacial score (nSPS) is 20.4. The van der Waals surface area contributed by atoms with E-state index in [2.05, 4.69) is 20.0 Å². The number of nitrogens with zero attached hydrogens (tertiary/aromatic N) is 4. The molecule has 6 nitrogen and oxygen atoms in total. The Hall–Kier alpha value is -0.860. The summed E-state index contributed by atoms with van der Waals surface area (Å²) in [6, 6.07) is 0. The van der Waals surface area contributed by atoms with E-state index in [0.29, 0.717) is 24.2 Å². The molecule has 0 bridgehead atoms. The second-order valence-electron chi connectivity index (χ2n) is 5.40. The van der Waals surface area contributed by atoms with E-state index >= 15 is 0 Å². The average molecular weight is 391 g/mol. The Morgan fingerprint density at radius 1 is 1.25 bits per heavy atom. The van der Waals surface area contributed by atoms with Crippen LogP contribution >= 0.6 is 24.0 Å². The third-order valence-electron chi connectivity index (χ3n) is 3.72. The van der Waals surface area contributed by atoms with Gasteiger partial charge in [-0.3, -0.25) is 0 Å². The zero-order valence-corrected chi connectivity index (χ0v) is 14.0. The van der Waals surface area contributed by atoms with Crippen molar-refractivity contribution in [3.05, 3.63) is 11.7 Å². The highest BCUT2D eigenvalue weighted by Gasteiger charge is 2.29. The molecule has 2 N–H and O–H groups in total. The molecule has 0 unspecified atom stereocenters. The van der Waals surface area contributed by atoms with Crippen LogP contribution < -0.4 is 5.73 Å². The van der Waals surface area contributed by atoms with E-state index < -0.39 is 0 Å². The van der Waals surface area contributed by atoms with E-state index in [4.69, 9.17) is 10.3 Å². The zero-order chi connectivity index (χ0) is 13.1. The first kappa shape index (κ1) is 15.5. The molecule has 2 fully saturated rings. The predicted octanol–water partition coefficient (Wildman–Crippen LogP) is 2.26. The van der Waals surface area contributed by atoms with E-state index in [1.165, 1.54) is 38.5 Å². The number of nitrogens with two attached hydrogens (primary N) is 1. The van der Waals surface area contributed by atoms with Crippen LogP contribution in [0, 0.1) is 0 Å². The third kappa shape index (κ3) is 4.07. The van der Waals surface area contributed by atoms with Crippen molar-refractivity contribution in [1.29, 1.82) is 0 Å². The van der Waals surface area contributed by atoms with Gasteiger partial charge in [0.2, 0.25) is 5.89 Å². The number of halogens is 1. The number of likely N-dealkylation sites (tertiary alicyclic amines) is 1. The molecule has 1 aliphatic heterocycles. The van der Waals surface area contributed by atoms with Crippen LogP contribution in [-0.4, -0.2) is 34.1 Å². The number of aromatic nitrogens is 2. The van der Waals surface area contributed by atoms with Gasteiger partial charge in [0.1, 0.15) is 6.54 Å². The smallest absolute Gasteiger partial charge is 0.229 e. The largest absolute Gasteiger partial charge is 0.370 e. The van der Waals surface area contributed by atoms with Crippen molar-refractivity contribution in [1.82, 2.24) is 15.0 Å². The van der Waals surface area contributed by atoms with Crippen LogP contribution in [0.5, 0.6) is 0 Å². The van der Waals surface area contributed by atoms with Gasteiger partial charge in [-0.05, 0) is 25.7 Å². The van der Waals surface area contributed by atoms with Gasteiger partial charge in [-0.15, -0.1) is 24.0 Å². The minimum atomic E-state index is 0. The number of hydrogen-bond acceptors (Lipinski definition) is 4. The SMILES string of the molecule is I.NC(=NCc1noc(C2CC2)n1)N1CCCCCC1. The van der Waals surface area contributed by atoms with Gasteiger partial charge in [0.15, 0.2) is 11.8 Å². The molecule has 1 saturated carbocycles. The second-order valence-corrected chi connectivity index (χ2v) is 5.40. The molecule has 0 radical (unpaired) electrons. The van der Waals surface area contributed by atoms with Gasteiger partial charge in [-0.2, -0.15) is 4.98 Å². The predicted molar refractivity (Wildman–Crippen MR) is 87.1 cm³/mol. The van der Waals surface area contributed by atoms with Gasteiger partial charge in [-0.1, -0.05) is 18.0 Å². The second kappa shape index (κ2) is 7.24. The Labute approximate surface area is 136 Å². The lowest BCUT2D eigenvalue weighted by Gasteiger charge is -2.20. The summed E-state index contributed by atoms with van der Waals surface area (Å²) in [7, 11) is 0. The molecule has 20 heavy (non-hydrogen) atoms. The molecule has 112 valence electrons. The summed E-state index contributed by atoms with van der Waals surface area (Å²) in [6.07, 6.45) is 7.31. The lowest BCUT2D eigenvalue weighted by molar-refractivity contribution is 0.374. The first-order valence-corrected chi connectivity index (χ1v) is 7.20. The van der Waals surface area contributed by atoms with Crippen molar-refractivity contribution in [3.8, 4) is 0 Å². The monoisotopic (exact) mass is 391 g/mol. The average Bonchev–Trinajstić information content (AvgIpc) is 3.21. The van der Waals surface area contributed by atoms with Crippen LogP contribution in [0.2, 0.25) is 0 Å². The number of hydrogen-bond donors (Lipinski definition) is 1. The molecule has 1 saturated heterocycles. The van der Waals surface area contributed by atoms with Gasteiger partial charge in [0.25, 0.3) is 0 Å². The lowest BCUT2D eigenvalue weighted by Crippen LogP contribution is -2.38. The fourth-order valence-corrected chi connectivity index (χ4v) is 2.38. The van der Waals surface area contributed by atoms with Crippen molar-refractivity contribution >= 4 is 29.9 Å². The molecular weight excluding hydrogens is 369 g/mol. The molecule has 0 spiro atoms. The molecule has 0 atom stereocenters. The van der Waals surface area contributed by atoms with Gasteiger partial charge in [0.05, 0.1) is 0 Å². The van der Waals surface area contributed by atoms with E-state index in [1.807, 2.05) is 0 Å². The van der Waals surface area contributed by atoms with Gasteiger partial charge in [-0.25, -0.2) is 4.99 Å². The third-order valence-corrected chi connectivity index (χ3v) is 3.72. The Bertz CT molecular complexity index is 449. The molecule has 0 amide bonds. The highest BCUT2D eigenvalue weighted by atomic mass is 127. The standard InChI is InChI=1S/C13H21N5O.HI/c14-13(18-7-3-1-2-4-8-18)15-9-11-16-12(19-17-11)10-5-6-10;/h10H,1-9H2,(H2,14,15);1H. The van der Waals surface area contributed by atoms with E-state index in [0.717, 1.165) is 19.0 Å². The van der Waals surface area contributed by atoms with Crippen LogP contribution in [0.25, 0.3) is 0 Å². The van der Waals surface area contributed by atoms with Gasteiger partial charge >= 0.3 is 0 Å². The van der Waals surface area contributed by atoms with Crippen molar-refractivity contribution in [3.63, 3.8) is 0 Å². The van der Waals surface area contributed by atoms with E-state index in [9.17, 15) is 0 Å². The highest BCUT2D eigenvalue weighted by Crippen LogP contribution is 2.38. The Kier molecular flexibility index (Phi) is 5.62. The van der Waals surface area contributed by atoms with Gasteiger partial charge < -0.3 is 15.2 Å². The number of guanidine groups is 1. The summed E-state index contributed by atoms with van der Waals surface area (Å²) in [5.74, 6) is 2.51. The van der Waals surface area contributed by atoms with Crippen LogP contribution in [0.1, 0.15) is 56.2 Å². The van der Waals surface area contributed by atoms with Crippen molar-refractivity contribution in [2.24, 2.45) is 10.7 Å². The maximum absolute atomic E-state index is 6.03. The highest BCUT2D eigenvalue weighted by molar-refractivity contribution is 14.0.